The van der Waals surface area contributed by atoms with E-state index >= 15 is 0 Å². The van der Waals surface area contributed by atoms with Crippen LogP contribution < -0.4 is 0 Å². The first-order valence-electron chi connectivity index (χ1n) is 9.76. The fraction of sp³-hybridized carbons (Fsp3) is 0.227. The number of hydrogen-bond acceptors (Lipinski definition) is 7. The second-order valence-corrected chi connectivity index (χ2v) is 8.10. The highest BCUT2D eigenvalue weighted by atomic mass is 32.1. The Bertz CT molecular complexity index is 1200. The van der Waals surface area contributed by atoms with Gasteiger partial charge in [0.25, 0.3) is 0 Å². The third kappa shape index (κ3) is 4.61. The number of hydrogen-bond donors (Lipinski definition) is 0. The molecule has 0 aliphatic rings. The summed E-state index contributed by atoms with van der Waals surface area (Å²) in [6.07, 6.45) is 2.34. The molecule has 0 amide bonds. The minimum Gasteiger partial charge on any atom is -0.454 e. The maximum atomic E-state index is 12.7. The Morgan fingerprint density at radius 1 is 1.13 bits per heavy atom. The lowest BCUT2D eigenvalue weighted by atomic mass is 10.1. The van der Waals surface area contributed by atoms with Crippen LogP contribution in [-0.4, -0.2) is 43.1 Å². The molecule has 0 atom stereocenters. The number of Topliss-reactive ketones (excluding diaryl/α,β-unsaturated/α-hetero) is 1. The molecule has 0 aliphatic carbocycles. The molecule has 0 spiro atoms. The van der Waals surface area contributed by atoms with Crippen molar-refractivity contribution in [3.05, 3.63) is 81.6 Å². The van der Waals surface area contributed by atoms with E-state index in [-0.39, 0.29) is 12.4 Å². The molecule has 0 unspecified atom stereocenters. The topological polar surface area (TPSA) is 91.9 Å². The zero-order valence-electron chi connectivity index (χ0n) is 17.2. The number of carbonyl (C=O) groups excluding carboxylic acids is 2. The van der Waals surface area contributed by atoms with E-state index in [9.17, 15) is 9.59 Å². The lowest BCUT2D eigenvalue weighted by molar-refractivity contribution is 0.0474. The Morgan fingerprint density at radius 3 is 2.74 bits per heavy atom. The summed E-state index contributed by atoms with van der Waals surface area (Å²) in [5, 5.41) is 13.0. The Kier molecular flexibility index (Phi) is 6.03. The van der Waals surface area contributed by atoms with Crippen LogP contribution in [0.1, 0.15) is 37.0 Å². The molecule has 4 rings (SSSR count). The molecular formula is C22H21N5O3S. The van der Waals surface area contributed by atoms with Crippen molar-refractivity contribution < 1.29 is 14.3 Å². The van der Waals surface area contributed by atoms with Gasteiger partial charge in [-0.1, -0.05) is 12.1 Å². The van der Waals surface area contributed by atoms with Crippen molar-refractivity contribution >= 4 is 23.1 Å². The van der Waals surface area contributed by atoms with Crippen molar-refractivity contribution in [2.24, 2.45) is 0 Å². The number of rotatable bonds is 8. The first-order valence-corrected chi connectivity index (χ1v) is 10.6. The van der Waals surface area contributed by atoms with E-state index in [1.807, 2.05) is 26.0 Å². The molecule has 0 radical (unpaired) electrons. The van der Waals surface area contributed by atoms with Crippen LogP contribution in [0.5, 0.6) is 0 Å². The fourth-order valence-electron chi connectivity index (χ4n) is 3.45. The van der Waals surface area contributed by atoms with Gasteiger partial charge in [-0.25, -0.2) is 9.48 Å². The van der Waals surface area contributed by atoms with Gasteiger partial charge in [-0.3, -0.25) is 4.79 Å². The van der Waals surface area contributed by atoms with Gasteiger partial charge in [-0.05, 0) is 66.4 Å². The number of thiophene rings is 1. The van der Waals surface area contributed by atoms with Crippen LogP contribution in [0.2, 0.25) is 0 Å². The van der Waals surface area contributed by atoms with Gasteiger partial charge in [0, 0.05) is 28.4 Å². The number of tetrazole rings is 1. The van der Waals surface area contributed by atoms with E-state index in [2.05, 4.69) is 31.5 Å². The van der Waals surface area contributed by atoms with Crippen molar-refractivity contribution in [1.29, 1.82) is 0 Å². The highest BCUT2D eigenvalue weighted by Gasteiger charge is 2.18. The normalized spacial score (nSPS) is 10.9. The molecule has 9 heteroatoms. The zero-order valence-corrected chi connectivity index (χ0v) is 18.0. The number of ether oxygens (including phenoxy) is 1. The lowest BCUT2D eigenvalue weighted by Crippen LogP contribution is -2.15. The van der Waals surface area contributed by atoms with Crippen molar-refractivity contribution in [2.75, 3.05) is 6.61 Å². The van der Waals surface area contributed by atoms with Crippen molar-refractivity contribution in [1.82, 2.24) is 24.8 Å². The number of carbonyl (C=O) groups is 2. The first kappa shape index (κ1) is 20.7. The van der Waals surface area contributed by atoms with E-state index in [1.54, 1.807) is 35.6 Å². The van der Waals surface area contributed by atoms with Crippen LogP contribution >= 0.6 is 11.3 Å². The number of nitrogens with zero attached hydrogens (tertiary/aromatic N) is 5. The number of esters is 1. The summed E-state index contributed by atoms with van der Waals surface area (Å²) in [6.45, 7) is 4.39. The van der Waals surface area contributed by atoms with Crippen LogP contribution in [-0.2, 0) is 17.7 Å². The van der Waals surface area contributed by atoms with E-state index < -0.39 is 5.97 Å². The molecule has 3 heterocycles. The monoisotopic (exact) mass is 435 g/mol. The van der Waals surface area contributed by atoms with Gasteiger partial charge in [0.2, 0.25) is 5.78 Å². The Morgan fingerprint density at radius 2 is 2.00 bits per heavy atom. The summed E-state index contributed by atoms with van der Waals surface area (Å²) in [5.74, 6) is -0.796. The van der Waals surface area contributed by atoms with Gasteiger partial charge < -0.3 is 9.30 Å². The van der Waals surface area contributed by atoms with Gasteiger partial charge in [0.05, 0.1) is 11.3 Å². The molecule has 1 aromatic carbocycles. The molecule has 8 nitrogen and oxygen atoms in total. The van der Waals surface area contributed by atoms with Crippen LogP contribution in [0.25, 0.3) is 5.69 Å². The number of benzene rings is 1. The first-order chi connectivity index (χ1) is 15.0. The Balaban J connectivity index is 1.40. The summed E-state index contributed by atoms with van der Waals surface area (Å²) >= 11 is 1.73. The molecular weight excluding hydrogens is 414 g/mol. The van der Waals surface area contributed by atoms with Crippen LogP contribution in [0, 0.1) is 13.8 Å². The second kappa shape index (κ2) is 9.05. The van der Waals surface area contributed by atoms with Crippen LogP contribution in [0.4, 0.5) is 0 Å². The number of aryl methyl sites for hydroxylation is 2. The number of aromatic nitrogens is 5. The van der Waals surface area contributed by atoms with E-state index in [0.717, 1.165) is 24.4 Å². The summed E-state index contributed by atoms with van der Waals surface area (Å²) in [5.41, 5.74) is 3.43. The maximum absolute atomic E-state index is 12.7. The largest absolute Gasteiger partial charge is 0.454 e. The standard InChI is InChI=1S/C22H21N5O3S/c1-15-11-20(16(2)26(15)9-8-19-7-4-10-31-19)21(28)13-30-22(29)17-5-3-6-18(12-17)27-14-23-24-25-27/h3-7,10-12,14H,8-9,13H2,1-2H3. The minimum atomic E-state index is -0.574. The molecule has 3 aromatic heterocycles. The predicted molar refractivity (Wildman–Crippen MR) is 116 cm³/mol. The summed E-state index contributed by atoms with van der Waals surface area (Å²) < 4.78 is 8.85. The van der Waals surface area contributed by atoms with E-state index in [1.165, 1.54) is 15.9 Å². The predicted octanol–water partition coefficient (Wildman–Crippen LogP) is 3.42. The molecule has 31 heavy (non-hydrogen) atoms. The highest BCUT2D eigenvalue weighted by molar-refractivity contribution is 7.09. The molecule has 0 aliphatic heterocycles. The average Bonchev–Trinajstić information content (AvgIpc) is 3.53. The third-order valence-corrected chi connectivity index (χ3v) is 6.00. The Hall–Kier alpha value is -3.59. The smallest absolute Gasteiger partial charge is 0.338 e. The van der Waals surface area contributed by atoms with Crippen molar-refractivity contribution in [3.63, 3.8) is 0 Å². The number of ketones is 1. The highest BCUT2D eigenvalue weighted by Crippen LogP contribution is 2.19. The maximum Gasteiger partial charge on any atom is 0.338 e. The molecule has 0 saturated carbocycles. The van der Waals surface area contributed by atoms with Gasteiger partial charge >= 0.3 is 5.97 Å². The second-order valence-electron chi connectivity index (χ2n) is 7.07. The molecule has 0 saturated heterocycles. The van der Waals surface area contributed by atoms with Crippen molar-refractivity contribution in [3.8, 4) is 5.69 Å². The zero-order chi connectivity index (χ0) is 21.8. The van der Waals surface area contributed by atoms with E-state index in [4.69, 9.17) is 4.74 Å². The third-order valence-electron chi connectivity index (χ3n) is 5.07. The molecule has 0 fully saturated rings. The fourth-order valence-corrected chi connectivity index (χ4v) is 4.15. The summed E-state index contributed by atoms with van der Waals surface area (Å²) in [4.78, 5) is 26.5. The quantitative estimate of drug-likeness (QED) is 0.311. The summed E-state index contributed by atoms with van der Waals surface area (Å²) in [7, 11) is 0. The SMILES string of the molecule is Cc1cc(C(=O)COC(=O)c2cccc(-n3cnnn3)c2)c(C)n1CCc1cccs1. The summed E-state index contributed by atoms with van der Waals surface area (Å²) in [6, 6.07) is 12.7. The van der Waals surface area contributed by atoms with Gasteiger partial charge in [-0.15, -0.1) is 16.4 Å². The van der Waals surface area contributed by atoms with E-state index in [0.29, 0.717) is 16.8 Å². The van der Waals surface area contributed by atoms with Crippen LogP contribution in [0.3, 0.4) is 0 Å². The minimum absolute atomic E-state index is 0.222. The Labute approximate surface area is 183 Å². The van der Waals surface area contributed by atoms with Gasteiger partial charge in [0.1, 0.15) is 6.33 Å². The average molecular weight is 436 g/mol. The molecule has 4 aromatic rings. The van der Waals surface area contributed by atoms with Crippen LogP contribution in [0.15, 0.2) is 54.2 Å². The molecule has 0 bridgehead atoms. The van der Waals surface area contributed by atoms with Gasteiger partial charge in [-0.2, -0.15) is 0 Å². The lowest BCUT2D eigenvalue weighted by Gasteiger charge is -2.09. The van der Waals surface area contributed by atoms with Gasteiger partial charge in [0.15, 0.2) is 6.61 Å². The molecule has 158 valence electrons. The molecule has 0 N–H and O–H groups in total. The van der Waals surface area contributed by atoms with Crippen molar-refractivity contribution in [2.45, 2.75) is 26.8 Å².